The Morgan fingerprint density at radius 1 is 1.07 bits per heavy atom. The highest BCUT2D eigenvalue weighted by Gasteiger charge is 2.38. The molecule has 2 aliphatic heterocycles. The number of hydrogen-bond donors (Lipinski definition) is 2. The summed E-state index contributed by atoms with van der Waals surface area (Å²) in [6.45, 7) is 4.82. The average molecular weight is 559 g/mol. The molecule has 0 saturated carbocycles. The minimum absolute atomic E-state index is 0.0355. The van der Waals surface area contributed by atoms with Gasteiger partial charge in [-0.05, 0) is 48.7 Å². The summed E-state index contributed by atoms with van der Waals surface area (Å²) in [7, 11) is 5.49. The minimum Gasteiger partial charge on any atom is -0.497 e. The van der Waals surface area contributed by atoms with Crippen molar-refractivity contribution in [2.24, 2.45) is 0 Å². The smallest absolute Gasteiger partial charge is 0.322 e. The number of aryl methyl sites for hydroxylation is 1. The molecule has 0 unspecified atom stereocenters. The zero-order valence-corrected chi connectivity index (χ0v) is 23.9. The largest absolute Gasteiger partial charge is 0.497 e. The van der Waals surface area contributed by atoms with Gasteiger partial charge in [0.25, 0.3) is 0 Å². The van der Waals surface area contributed by atoms with Gasteiger partial charge in [0.2, 0.25) is 11.7 Å². The number of ether oxygens (including phenoxy) is 3. The van der Waals surface area contributed by atoms with Gasteiger partial charge < -0.3 is 29.4 Å². The van der Waals surface area contributed by atoms with E-state index < -0.39 is 0 Å². The highest BCUT2D eigenvalue weighted by atomic mass is 16.5. The van der Waals surface area contributed by atoms with E-state index in [1.54, 1.807) is 20.5 Å². The van der Waals surface area contributed by atoms with E-state index in [4.69, 9.17) is 14.2 Å². The third-order valence-electron chi connectivity index (χ3n) is 8.27. The van der Waals surface area contributed by atoms with Crippen LogP contribution in [0.1, 0.15) is 29.8 Å². The maximum absolute atomic E-state index is 13.1. The van der Waals surface area contributed by atoms with Crippen LogP contribution in [0.3, 0.4) is 0 Å². The first-order valence-electron chi connectivity index (χ1n) is 13.9. The van der Waals surface area contributed by atoms with Gasteiger partial charge in [-0.2, -0.15) is 4.98 Å². The summed E-state index contributed by atoms with van der Waals surface area (Å²) in [5, 5.41) is 3.10. The van der Waals surface area contributed by atoms with Gasteiger partial charge >= 0.3 is 6.03 Å². The summed E-state index contributed by atoms with van der Waals surface area (Å²) in [6, 6.07) is 11.8. The third kappa shape index (κ3) is 5.42. The van der Waals surface area contributed by atoms with Crippen LogP contribution in [-0.2, 0) is 17.8 Å². The van der Waals surface area contributed by atoms with Crippen molar-refractivity contribution in [1.82, 2.24) is 29.3 Å². The average Bonchev–Trinajstić information content (AvgIpc) is 3.30. The lowest BCUT2D eigenvalue weighted by Gasteiger charge is -2.42. The summed E-state index contributed by atoms with van der Waals surface area (Å²) in [5.41, 5.74) is 4.76. The Hall–Kier alpha value is -4.22. The minimum atomic E-state index is -0.0355. The van der Waals surface area contributed by atoms with Crippen LogP contribution >= 0.6 is 0 Å². The number of methoxy groups -OCH3 is 2. The second-order valence-electron chi connectivity index (χ2n) is 11.0. The van der Waals surface area contributed by atoms with Gasteiger partial charge in [-0.3, -0.25) is 4.48 Å². The Morgan fingerprint density at radius 3 is 2.68 bits per heavy atom. The fraction of sp³-hybridized carbons (Fsp3) is 0.400. The molecule has 6 rings (SSSR count). The van der Waals surface area contributed by atoms with Gasteiger partial charge in [0, 0.05) is 44.3 Å². The van der Waals surface area contributed by atoms with Gasteiger partial charge in [-0.25, -0.2) is 14.8 Å². The summed E-state index contributed by atoms with van der Waals surface area (Å²) in [5.74, 6) is 3.65. The predicted octanol–water partition coefficient (Wildman–Crippen LogP) is 4.80. The zero-order chi connectivity index (χ0) is 28.6. The normalized spacial score (nSPS) is 20.8. The van der Waals surface area contributed by atoms with Crippen molar-refractivity contribution < 1.29 is 19.0 Å². The fourth-order valence-electron chi connectivity index (χ4n) is 5.94. The molecule has 2 amide bonds. The van der Waals surface area contributed by atoms with Crippen LogP contribution in [0.5, 0.6) is 17.4 Å². The van der Waals surface area contributed by atoms with Gasteiger partial charge in [0.05, 0.1) is 44.3 Å². The molecule has 0 atom stereocenters. The van der Waals surface area contributed by atoms with E-state index in [-0.39, 0.29) is 12.1 Å². The Kier molecular flexibility index (Phi) is 7.22. The predicted molar refractivity (Wildman–Crippen MR) is 157 cm³/mol. The topological polar surface area (TPSA) is 114 Å². The Bertz CT molecular complexity index is 1580. The number of anilines is 1. The number of carbonyl (C=O) groups excluding carboxylic acids is 1. The number of H-pyrrole nitrogens is 1. The van der Waals surface area contributed by atoms with Gasteiger partial charge in [0.1, 0.15) is 30.3 Å². The Balaban J connectivity index is 1.13. The molecule has 0 aliphatic carbocycles. The first-order valence-corrected chi connectivity index (χ1v) is 13.9. The molecule has 214 valence electrons. The van der Waals surface area contributed by atoms with Crippen LogP contribution < -0.4 is 19.3 Å². The van der Waals surface area contributed by atoms with Gasteiger partial charge in [0.15, 0.2) is 0 Å². The number of benzene rings is 2. The number of carbonyl (C=O) groups is 1. The van der Waals surface area contributed by atoms with Crippen molar-refractivity contribution in [2.45, 2.75) is 38.8 Å². The first-order chi connectivity index (χ1) is 19.8. The molecule has 41 heavy (non-hydrogen) atoms. The fourth-order valence-corrected chi connectivity index (χ4v) is 5.94. The molecule has 1 saturated heterocycles. The second-order valence-corrected chi connectivity index (χ2v) is 11.0. The Morgan fingerprint density at radius 2 is 1.90 bits per heavy atom. The van der Waals surface area contributed by atoms with E-state index in [1.165, 1.54) is 0 Å². The molecular weight excluding hydrogens is 522 g/mol. The summed E-state index contributed by atoms with van der Waals surface area (Å²) < 4.78 is 17.4. The number of urea groups is 1. The lowest BCUT2D eigenvalue weighted by molar-refractivity contribution is 0.141. The molecular formula is C30H36N7O4+. The number of nitrogens with one attached hydrogen (secondary N) is 2. The van der Waals surface area contributed by atoms with Gasteiger partial charge in [-0.15, -0.1) is 0 Å². The molecule has 4 aromatic rings. The molecule has 4 heterocycles. The number of nitrogens with zero attached hydrogens (tertiary/aromatic N) is 5. The van der Waals surface area contributed by atoms with Crippen molar-refractivity contribution in [3.8, 4) is 17.4 Å². The zero-order valence-electron chi connectivity index (χ0n) is 23.9. The number of hydrogen-bond acceptors (Lipinski definition) is 7. The number of rotatable bonds is 7. The van der Waals surface area contributed by atoms with Crippen molar-refractivity contribution in [2.75, 3.05) is 46.2 Å². The van der Waals surface area contributed by atoms with E-state index in [1.807, 2.05) is 48.2 Å². The van der Waals surface area contributed by atoms with Crippen molar-refractivity contribution in [1.29, 1.82) is 0 Å². The van der Waals surface area contributed by atoms with Crippen LogP contribution in [0.25, 0.3) is 11.0 Å². The molecule has 0 bridgehead atoms. The van der Waals surface area contributed by atoms with Crippen LogP contribution in [0.4, 0.5) is 16.3 Å². The summed E-state index contributed by atoms with van der Waals surface area (Å²) in [6.07, 6.45) is 4.11. The third-order valence-corrected chi connectivity index (χ3v) is 8.27. The second kappa shape index (κ2) is 11.0. The molecule has 0 radical (unpaired) electrons. The lowest BCUT2D eigenvalue weighted by Crippen LogP contribution is -2.57. The summed E-state index contributed by atoms with van der Waals surface area (Å²) >= 11 is 0. The quantitative estimate of drug-likeness (QED) is 0.313. The number of amides is 2. The number of quaternary nitrogens is 1. The monoisotopic (exact) mass is 558 g/mol. The molecule has 1 fully saturated rings. The molecule has 2 aliphatic rings. The number of imidazole rings is 1. The van der Waals surface area contributed by atoms with Gasteiger partial charge in [-0.1, -0.05) is 0 Å². The number of aromatic nitrogens is 4. The SMILES string of the molecule is COCc1nc2c(C)cc(Oc3cc([N+]4(C)CCC(N5CCc6cc(OC)ccc6NC5=O)CC4)ncn3)cc2[nH]1. The van der Waals surface area contributed by atoms with Crippen LogP contribution in [0.2, 0.25) is 0 Å². The van der Waals surface area contributed by atoms with Crippen LogP contribution in [0, 0.1) is 6.92 Å². The number of likely N-dealkylation sites (tertiary alicyclic amines) is 1. The van der Waals surface area contributed by atoms with E-state index >= 15 is 0 Å². The highest BCUT2D eigenvalue weighted by Crippen LogP contribution is 2.33. The van der Waals surface area contributed by atoms with E-state index in [0.29, 0.717) is 29.3 Å². The maximum Gasteiger partial charge on any atom is 0.322 e. The van der Waals surface area contributed by atoms with Crippen molar-refractivity contribution in [3.63, 3.8) is 0 Å². The molecule has 11 nitrogen and oxygen atoms in total. The highest BCUT2D eigenvalue weighted by molar-refractivity contribution is 5.91. The lowest BCUT2D eigenvalue weighted by atomic mass is 10.0. The van der Waals surface area contributed by atoms with Crippen LogP contribution in [0.15, 0.2) is 42.7 Å². The van der Waals surface area contributed by atoms with Crippen molar-refractivity contribution >= 4 is 28.6 Å². The number of piperidine rings is 1. The Labute approximate surface area is 239 Å². The standard InChI is InChI=1S/C30H35N7O4/c1-19-13-23(15-25-29(19)35-26(33-25)17-39-3)41-28-16-27(31-18-32-28)37(2)11-8-21(9-12-37)36-10-7-20-14-22(40-4)5-6-24(20)34-30(36)38/h5-6,13-16,18,21H,7-12,17H2,1-4H3,(H-,33,34,35,38)/p+1. The van der Waals surface area contributed by atoms with E-state index in [0.717, 1.165) is 77.6 Å². The molecule has 11 heteroatoms. The summed E-state index contributed by atoms with van der Waals surface area (Å²) in [4.78, 5) is 32.1. The number of aromatic amines is 1. The first kappa shape index (κ1) is 27.0. The van der Waals surface area contributed by atoms with E-state index in [9.17, 15) is 4.79 Å². The molecule has 2 N–H and O–H groups in total. The van der Waals surface area contributed by atoms with E-state index in [2.05, 4.69) is 32.3 Å². The molecule has 0 spiro atoms. The molecule has 2 aromatic heterocycles. The van der Waals surface area contributed by atoms with Crippen LogP contribution in [-0.4, -0.2) is 77.8 Å². The molecule has 2 aromatic carbocycles. The number of fused-ring (bicyclic) bond motifs is 2. The maximum atomic E-state index is 13.1. The van der Waals surface area contributed by atoms with Crippen molar-refractivity contribution in [3.05, 3.63) is 59.7 Å².